The molecule has 23 heavy (non-hydrogen) atoms. The number of thiophene rings is 1. The maximum atomic E-state index is 12.2. The molecule has 1 atom stereocenters. The van der Waals surface area contributed by atoms with Gasteiger partial charge in [0.2, 0.25) is 0 Å². The van der Waals surface area contributed by atoms with Gasteiger partial charge in [-0.05, 0) is 41.4 Å². The third kappa shape index (κ3) is 3.18. The van der Waals surface area contributed by atoms with Crippen LogP contribution in [0.2, 0.25) is 0 Å². The van der Waals surface area contributed by atoms with Crippen LogP contribution in [0.25, 0.3) is 11.0 Å². The Kier molecular flexibility index (Phi) is 4.02. The average molecular weight is 329 g/mol. The van der Waals surface area contributed by atoms with Crippen molar-refractivity contribution >= 4 is 28.2 Å². The van der Waals surface area contributed by atoms with Gasteiger partial charge >= 0.3 is 0 Å². The Balaban J connectivity index is 1.80. The monoisotopic (exact) mass is 329 g/mol. The lowest BCUT2D eigenvalue weighted by atomic mass is 9.99. The molecule has 1 unspecified atom stereocenters. The minimum absolute atomic E-state index is 0.0130. The number of aliphatic hydroxyl groups is 1. The number of para-hydroxylation sites is 1. The fourth-order valence-electron chi connectivity index (χ4n) is 2.23. The van der Waals surface area contributed by atoms with E-state index < -0.39 is 11.5 Å². The predicted molar refractivity (Wildman–Crippen MR) is 88.7 cm³/mol. The number of rotatable bonds is 4. The van der Waals surface area contributed by atoms with Crippen LogP contribution in [-0.4, -0.2) is 17.6 Å². The van der Waals surface area contributed by atoms with Crippen molar-refractivity contribution in [3.05, 3.63) is 68.7 Å². The lowest BCUT2D eigenvalue weighted by molar-refractivity contribution is 0.0522. The molecule has 1 amide bonds. The number of nitrogens with one attached hydrogen (secondary N) is 1. The summed E-state index contributed by atoms with van der Waals surface area (Å²) in [4.78, 5) is 24.2. The van der Waals surface area contributed by atoms with E-state index in [4.69, 9.17) is 4.42 Å². The molecule has 0 bridgehead atoms. The second kappa shape index (κ2) is 5.98. The maximum Gasteiger partial charge on any atom is 0.287 e. The quantitative estimate of drug-likeness (QED) is 0.771. The molecule has 0 aliphatic carbocycles. The zero-order valence-electron chi connectivity index (χ0n) is 12.4. The van der Waals surface area contributed by atoms with Crippen molar-refractivity contribution in [2.24, 2.45) is 0 Å². The fraction of sp³-hybridized carbons (Fsp3) is 0.176. The number of carbonyl (C=O) groups excluding carboxylic acids is 1. The molecule has 2 heterocycles. The minimum Gasteiger partial charge on any atom is -0.451 e. The molecular weight excluding hydrogens is 314 g/mol. The summed E-state index contributed by atoms with van der Waals surface area (Å²) in [5.74, 6) is -0.613. The van der Waals surface area contributed by atoms with E-state index in [1.165, 1.54) is 11.3 Å². The summed E-state index contributed by atoms with van der Waals surface area (Å²) in [6, 6.07) is 9.70. The van der Waals surface area contributed by atoms with E-state index in [1.54, 1.807) is 37.3 Å². The van der Waals surface area contributed by atoms with Crippen LogP contribution >= 0.6 is 11.3 Å². The van der Waals surface area contributed by atoms with E-state index in [0.29, 0.717) is 11.0 Å². The van der Waals surface area contributed by atoms with Crippen LogP contribution in [0.15, 0.2) is 56.4 Å². The Morgan fingerprint density at radius 3 is 2.87 bits per heavy atom. The first-order valence-electron chi connectivity index (χ1n) is 7.03. The second-order valence-corrected chi connectivity index (χ2v) is 6.22. The first-order chi connectivity index (χ1) is 11.0. The molecule has 6 heteroatoms. The summed E-state index contributed by atoms with van der Waals surface area (Å²) in [5, 5.41) is 17.1. The topological polar surface area (TPSA) is 79.5 Å². The van der Waals surface area contributed by atoms with E-state index in [9.17, 15) is 14.7 Å². The highest BCUT2D eigenvalue weighted by molar-refractivity contribution is 7.08. The Morgan fingerprint density at radius 1 is 1.35 bits per heavy atom. The molecule has 1 aromatic carbocycles. The molecule has 0 fully saturated rings. The summed E-state index contributed by atoms with van der Waals surface area (Å²) in [6.45, 7) is 1.63. The van der Waals surface area contributed by atoms with E-state index >= 15 is 0 Å². The second-order valence-electron chi connectivity index (χ2n) is 5.44. The molecular formula is C17H15NO4S. The van der Waals surface area contributed by atoms with Crippen LogP contribution < -0.4 is 10.7 Å². The number of benzene rings is 1. The Morgan fingerprint density at radius 2 is 2.13 bits per heavy atom. The number of hydrogen-bond donors (Lipinski definition) is 2. The SMILES string of the molecule is CC(O)(CNC(=O)c1cc(=O)c2ccccc2o1)c1ccsc1. The largest absolute Gasteiger partial charge is 0.451 e. The molecule has 0 aliphatic heterocycles. The normalized spacial score (nSPS) is 13.7. The van der Waals surface area contributed by atoms with Gasteiger partial charge in [-0.15, -0.1) is 0 Å². The molecule has 3 rings (SSSR count). The van der Waals surface area contributed by atoms with Crippen molar-refractivity contribution in [1.82, 2.24) is 5.32 Å². The standard InChI is InChI=1S/C17H15NO4S/c1-17(21,11-6-7-23-9-11)10-18-16(20)15-8-13(19)12-4-2-3-5-14(12)22-15/h2-9,21H,10H2,1H3,(H,18,20). The Labute approximate surface area is 136 Å². The lowest BCUT2D eigenvalue weighted by Gasteiger charge is -2.22. The maximum absolute atomic E-state index is 12.2. The third-order valence-electron chi connectivity index (χ3n) is 3.59. The van der Waals surface area contributed by atoms with Gasteiger partial charge in [0.1, 0.15) is 11.2 Å². The lowest BCUT2D eigenvalue weighted by Crippen LogP contribution is -2.38. The zero-order valence-corrected chi connectivity index (χ0v) is 13.2. The molecule has 2 N–H and O–H groups in total. The van der Waals surface area contributed by atoms with Crippen molar-refractivity contribution in [3.63, 3.8) is 0 Å². The average Bonchev–Trinajstić information content (AvgIpc) is 3.08. The summed E-state index contributed by atoms with van der Waals surface area (Å²) < 4.78 is 5.47. The molecule has 0 aliphatic rings. The van der Waals surface area contributed by atoms with Gasteiger partial charge < -0.3 is 14.8 Å². The zero-order chi connectivity index (χ0) is 16.4. The van der Waals surface area contributed by atoms with Gasteiger partial charge in [-0.3, -0.25) is 9.59 Å². The van der Waals surface area contributed by atoms with Gasteiger partial charge in [0.15, 0.2) is 11.2 Å². The van der Waals surface area contributed by atoms with Crippen LogP contribution in [0, 0.1) is 0 Å². The van der Waals surface area contributed by atoms with Crippen molar-refractivity contribution in [2.75, 3.05) is 6.54 Å². The highest BCUT2D eigenvalue weighted by atomic mass is 32.1. The van der Waals surface area contributed by atoms with Crippen LogP contribution in [0.3, 0.4) is 0 Å². The van der Waals surface area contributed by atoms with Gasteiger partial charge in [0, 0.05) is 6.07 Å². The summed E-state index contributed by atoms with van der Waals surface area (Å²) in [6.07, 6.45) is 0. The van der Waals surface area contributed by atoms with Crippen LogP contribution in [0.5, 0.6) is 0 Å². The highest BCUT2D eigenvalue weighted by Gasteiger charge is 2.25. The van der Waals surface area contributed by atoms with Crippen LogP contribution in [0.4, 0.5) is 0 Å². The summed E-state index contributed by atoms with van der Waals surface area (Å²) in [5.41, 5.74) is -0.383. The van der Waals surface area contributed by atoms with E-state index in [1.807, 2.05) is 10.8 Å². The minimum atomic E-state index is -1.19. The molecule has 0 saturated heterocycles. The first kappa shape index (κ1) is 15.5. The molecule has 3 aromatic rings. The Hall–Kier alpha value is -2.44. The molecule has 2 aromatic heterocycles. The number of fused-ring (bicyclic) bond motifs is 1. The number of amides is 1. The van der Waals surface area contributed by atoms with Crippen molar-refractivity contribution in [3.8, 4) is 0 Å². The van der Waals surface area contributed by atoms with Gasteiger partial charge in [-0.2, -0.15) is 11.3 Å². The number of carbonyl (C=O) groups is 1. The van der Waals surface area contributed by atoms with Gasteiger partial charge in [0.05, 0.1) is 11.9 Å². The van der Waals surface area contributed by atoms with Gasteiger partial charge in [-0.25, -0.2) is 0 Å². The van der Waals surface area contributed by atoms with Gasteiger partial charge in [-0.1, -0.05) is 12.1 Å². The molecule has 0 radical (unpaired) electrons. The van der Waals surface area contributed by atoms with Crippen molar-refractivity contribution in [1.29, 1.82) is 0 Å². The van der Waals surface area contributed by atoms with E-state index in [0.717, 1.165) is 11.6 Å². The third-order valence-corrected chi connectivity index (χ3v) is 4.28. The van der Waals surface area contributed by atoms with Crippen LogP contribution in [-0.2, 0) is 5.60 Å². The summed E-state index contributed by atoms with van der Waals surface area (Å²) in [7, 11) is 0. The highest BCUT2D eigenvalue weighted by Crippen LogP contribution is 2.22. The molecule has 0 saturated carbocycles. The first-order valence-corrected chi connectivity index (χ1v) is 7.98. The van der Waals surface area contributed by atoms with Crippen molar-refractivity contribution < 1.29 is 14.3 Å². The van der Waals surface area contributed by atoms with E-state index in [2.05, 4.69) is 5.32 Å². The number of hydrogen-bond acceptors (Lipinski definition) is 5. The molecule has 5 nitrogen and oxygen atoms in total. The van der Waals surface area contributed by atoms with E-state index in [-0.39, 0.29) is 17.7 Å². The van der Waals surface area contributed by atoms with Crippen molar-refractivity contribution in [2.45, 2.75) is 12.5 Å². The summed E-state index contributed by atoms with van der Waals surface area (Å²) >= 11 is 1.47. The Bertz CT molecular complexity index is 896. The smallest absolute Gasteiger partial charge is 0.287 e. The fourth-order valence-corrected chi connectivity index (χ4v) is 3.01. The molecule has 0 spiro atoms. The molecule has 118 valence electrons. The van der Waals surface area contributed by atoms with Gasteiger partial charge in [0.25, 0.3) is 5.91 Å². The predicted octanol–water partition coefficient (Wildman–Crippen LogP) is 2.49. The van der Waals surface area contributed by atoms with Crippen LogP contribution in [0.1, 0.15) is 23.0 Å².